The summed E-state index contributed by atoms with van der Waals surface area (Å²) in [5, 5.41) is 18.6. The van der Waals surface area contributed by atoms with Gasteiger partial charge in [0.15, 0.2) is 0 Å². The molecule has 0 aromatic heterocycles. The van der Waals surface area contributed by atoms with Crippen molar-refractivity contribution < 1.29 is 14.8 Å². The lowest BCUT2D eigenvalue weighted by molar-refractivity contribution is -0.384. The number of carbonyl (C=O) groups is 1. The lowest BCUT2D eigenvalue weighted by Gasteiger charge is -1.92. The van der Waals surface area contributed by atoms with Crippen LogP contribution < -0.4 is 0 Å². The molecule has 0 bridgehead atoms. The summed E-state index contributed by atoms with van der Waals surface area (Å²) < 4.78 is 0. The minimum Gasteiger partial charge on any atom is -0.478 e. The second-order valence-electron chi connectivity index (χ2n) is 3.96. The first-order chi connectivity index (χ1) is 9.02. The number of aromatic carboxylic acids is 1. The normalized spacial score (nSPS) is 9.37. The molecule has 1 aromatic carbocycles. The van der Waals surface area contributed by atoms with Gasteiger partial charge in [-0.2, -0.15) is 0 Å². The van der Waals surface area contributed by atoms with Crippen LogP contribution in [0.3, 0.4) is 0 Å². The maximum Gasteiger partial charge on any atom is 0.335 e. The molecule has 5 nitrogen and oxygen atoms in total. The third-order valence-corrected chi connectivity index (χ3v) is 2.79. The second kappa shape index (κ2) is 10.4. The Morgan fingerprint density at radius 1 is 1.26 bits per heavy atom. The van der Waals surface area contributed by atoms with Crippen LogP contribution in [0.5, 0.6) is 0 Å². The van der Waals surface area contributed by atoms with E-state index in [9.17, 15) is 14.9 Å². The van der Waals surface area contributed by atoms with Gasteiger partial charge in [0.05, 0.1) is 10.5 Å². The minimum atomic E-state index is -1.09. The van der Waals surface area contributed by atoms with Crippen LogP contribution in [0.25, 0.3) is 0 Å². The smallest absolute Gasteiger partial charge is 0.335 e. The zero-order valence-corrected chi connectivity index (χ0v) is 12.2. The summed E-state index contributed by atoms with van der Waals surface area (Å²) in [7, 11) is 2.75. The van der Waals surface area contributed by atoms with E-state index in [2.05, 4.69) is 16.2 Å². The molecule has 0 aliphatic carbocycles. The molecule has 0 saturated heterocycles. The lowest BCUT2D eigenvalue weighted by atomic mass is 10.2. The number of unbranched alkanes of at least 4 members (excludes halogenated alkanes) is 3. The topological polar surface area (TPSA) is 80.4 Å². The summed E-state index contributed by atoms with van der Waals surface area (Å²) in [6.07, 6.45) is 6.84. The molecule has 0 aliphatic heterocycles. The van der Waals surface area contributed by atoms with Crippen molar-refractivity contribution in [3.8, 4) is 0 Å². The van der Waals surface area contributed by atoms with Crippen molar-refractivity contribution >= 4 is 20.9 Å². The molecule has 0 amide bonds. The Bertz CT molecular complexity index is 355. The second-order valence-corrected chi connectivity index (χ2v) is 4.54. The molecule has 1 rings (SSSR count). The van der Waals surface area contributed by atoms with Gasteiger partial charge in [0, 0.05) is 12.1 Å². The Labute approximate surface area is 115 Å². The third kappa shape index (κ3) is 8.27. The highest BCUT2D eigenvalue weighted by Crippen LogP contribution is 2.11. The Morgan fingerprint density at radius 3 is 2.21 bits per heavy atom. The highest BCUT2D eigenvalue weighted by Gasteiger charge is 2.06. The number of benzene rings is 1. The minimum absolute atomic E-state index is 0.0422. The Kier molecular flexibility index (Phi) is 9.63. The van der Waals surface area contributed by atoms with Gasteiger partial charge in [-0.3, -0.25) is 10.1 Å². The van der Waals surface area contributed by atoms with Crippen molar-refractivity contribution in [2.24, 2.45) is 0 Å². The van der Waals surface area contributed by atoms with Gasteiger partial charge in [-0.05, 0) is 24.7 Å². The van der Waals surface area contributed by atoms with Crippen molar-refractivity contribution in [1.82, 2.24) is 0 Å². The number of hydrogen-bond donors (Lipinski definition) is 1. The SMILES string of the molecule is CCCCCCP.O=C(O)c1ccc([N+](=O)[O-])cc1. The zero-order chi connectivity index (χ0) is 14.7. The third-order valence-electron chi connectivity index (χ3n) is 2.38. The fourth-order valence-electron chi connectivity index (χ4n) is 1.30. The molecule has 0 fully saturated rings. The fourth-order valence-corrected chi connectivity index (χ4v) is 1.59. The van der Waals surface area contributed by atoms with Crippen LogP contribution in [0.1, 0.15) is 43.0 Å². The first kappa shape index (κ1) is 17.5. The number of nitro groups is 1. The maximum atomic E-state index is 10.3. The van der Waals surface area contributed by atoms with Crippen LogP contribution >= 0.6 is 9.24 Å². The molecule has 19 heavy (non-hydrogen) atoms. The van der Waals surface area contributed by atoms with Crippen LogP contribution in [-0.4, -0.2) is 22.2 Å². The van der Waals surface area contributed by atoms with Crippen molar-refractivity contribution in [2.45, 2.75) is 32.6 Å². The van der Waals surface area contributed by atoms with Gasteiger partial charge < -0.3 is 5.11 Å². The maximum absolute atomic E-state index is 10.3. The number of nitro benzene ring substituents is 1. The first-order valence-electron chi connectivity index (χ1n) is 6.20. The van der Waals surface area contributed by atoms with Crippen LogP contribution in [0.15, 0.2) is 24.3 Å². The summed E-state index contributed by atoms with van der Waals surface area (Å²) in [5.41, 5.74) is -0.0689. The summed E-state index contributed by atoms with van der Waals surface area (Å²) in [6, 6.07) is 4.70. The van der Waals surface area contributed by atoms with Gasteiger partial charge in [0.2, 0.25) is 0 Å². The monoisotopic (exact) mass is 285 g/mol. The molecule has 0 radical (unpaired) electrons. The largest absolute Gasteiger partial charge is 0.478 e. The average Bonchev–Trinajstić information content (AvgIpc) is 2.40. The van der Waals surface area contributed by atoms with Crippen molar-refractivity contribution in [3.63, 3.8) is 0 Å². The molecular formula is C13H20NO4P. The van der Waals surface area contributed by atoms with E-state index in [1.165, 1.54) is 44.0 Å². The fraction of sp³-hybridized carbons (Fsp3) is 0.462. The molecule has 106 valence electrons. The molecule has 0 spiro atoms. The number of nitrogens with zero attached hydrogens (tertiary/aromatic N) is 1. The zero-order valence-electron chi connectivity index (χ0n) is 11.0. The Hall–Kier alpha value is -1.48. The molecular weight excluding hydrogens is 265 g/mol. The summed E-state index contributed by atoms with van der Waals surface area (Å²) >= 11 is 0. The van der Waals surface area contributed by atoms with Crippen LogP contribution in [0, 0.1) is 10.1 Å². The quantitative estimate of drug-likeness (QED) is 0.373. The van der Waals surface area contributed by atoms with E-state index in [0.717, 1.165) is 12.1 Å². The van der Waals surface area contributed by atoms with Gasteiger partial charge in [-0.1, -0.05) is 26.2 Å². The van der Waals surface area contributed by atoms with E-state index in [0.29, 0.717) is 0 Å². The molecule has 1 N–H and O–H groups in total. The molecule has 0 aliphatic rings. The molecule has 1 atom stereocenters. The average molecular weight is 285 g/mol. The van der Waals surface area contributed by atoms with E-state index in [4.69, 9.17) is 5.11 Å². The number of hydrogen-bond acceptors (Lipinski definition) is 3. The molecule has 1 aromatic rings. The highest BCUT2D eigenvalue weighted by atomic mass is 31.0. The van der Waals surface area contributed by atoms with E-state index in [1.54, 1.807) is 0 Å². The molecule has 0 heterocycles. The predicted octanol–water partition coefficient (Wildman–Crippen LogP) is 3.73. The van der Waals surface area contributed by atoms with Gasteiger partial charge in [0.1, 0.15) is 0 Å². The van der Waals surface area contributed by atoms with E-state index in [1.807, 2.05) is 0 Å². The van der Waals surface area contributed by atoms with Gasteiger partial charge in [-0.25, -0.2) is 4.79 Å². The summed E-state index contributed by atoms with van der Waals surface area (Å²) in [4.78, 5) is 19.9. The molecule has 0 saturated carbocycles. The van der Waals surface area contributed by atoms with Crippen LogP contribution in [-0.2, 0) is 0 Å². The molecule has 1 unspecified atom stereocenters. The standard InChI is InChI=1S/C7H5NO4.C6H15P/c9-7(10)5-1-3-6(4-2-5)8(11)12;1-2-3-4-5-6-7/h1-4H,(H,9,10);2-7H2,1H3. The van der Waals surface area contributed by atoms with E-state index >= 15 is 0 Å². The van der Waals surface area contributed by atoms with E-state index in [-0.39, 0.29) is 11.3 Å². The van der Waals surface area contributed by atoms with Crippen molar-refractivity contribution in [2.75, 3.05) is 6.16 Å². The Morgan fingerprint density at radius 2 is 1.84 bits per heavy atom. The number of carboxylic acids is 1. The number of rotatable bonds is 6. The van der Waals surface area contributed by atoms with Crippen molar-refractivity contribution in [3.05, 3.63) is 39.9 Å². The lowest BCUT2D eigenvalue weighted by Crippen LogP contribution is -1.96. The summed E-state index contributed by atoms with van der Waals surface area (Å²) in [5.74, 6) is -1.09. The highest BCUT2D eigenvalue weighted by molar-refractivity contribution is 7.16. The number of carboxylic acid groups (broad SMARTS) is 1. The van der Waals surface area contributed by atoms with E-state index < -0.39 is 10.9 Å². The van der Waals surface area contributed by atoms with Gasteiger partial charge >= 0.3 is 5.97 Å². The summed E-state index contributed by atoms with van der Waals surface area (Å²) in [6.45, 7) is 2.24. The van der Waals surface area contributed by atoms with Gasteiger partial charge in [-0.15, -0.1) is 9.24 Å². The van der Waals surface area contributed by atoms with Crippen LogP contribution in [0.2, 0.25) is 0 Å². The molecule has 6 heteroatoms. The van der Waals surface area contributed by atoms with Crippen molar-refractivity contribution in [1.29, 1.82) is 0 Å². The predicted molar refractivity (Wildman–Crippen MR) is 78.8 cm³/mol. The van der Waals surface area contributed by atoms with Crippen LogP contribution in [0.4, 0.5) is 5.69 Å². The van der Waals surface area contributed by atoms with Gasteiger partial charge in [0.25, 0.3) is 5.69 Å². The Balaban J connectivity index is 0.000000399. The first-order valence-corrected chi connectivity index (χ1v) is 7.02. The number of non-ortho nitro benzene ring substituents is 1.